The summed E-state index contributed by atoms with van der Waals surface area (Å²) in [6.07, 6.45) is 1.87. The second kappa shape index (κ2) is 6.53. The van der Waals surface area contributed by atoms with E-state index < -0.39 is 0 Å². The minimum atomic E-state index is -0.0852. The van der Waals surface area contributed by atoms with Crippen LogP contribution < -0.4 is 0 Å². The Hall–Kier alpha value is -1.61. The predicted molar refractivity (Wildman–Crippen MR) is 75.9 cm³/mol. The van der Waals surface area contributed by atoms with Gasteiger partial charge in [-0.25, -0.2) is 0 Å². The van der Waals surface area contributed by atoms with Crippen LogP contribution in [0, 0.1) is 5.92 Å². The maximum atomic E-state index is 12.5. The van der Waals surface area contributed by atoms with Crippen molar-refractivity contribution in [3.05, 3.63) is 48.6 Å². The van der Waals surface area contributed by atoms with Crippen LogP contribution in [0.3, 0.4) is 0 Å². The highest BCUT2D eigenvalue weighted by molar-refractivity contribution is 5.80. The molecule has 0 N–H and O–H groups in total. The average molecular weight is 259 g/mol. The van der Waals surface area contributed by atoms with E-state index in [0.29, 0.717) is 26.3 Å². The van der Waals surface area contributed by atoms with Gasteiger partial charge in [-0.2, -0.15) is 0 Å². The van der Waals surface area contributed by atoms with Crippen LogP contribution in [0.4, 0.5) is 0 Å². The molecule has 1 amide bonds. The summed E-state index contributed by atoms with van der Waals surface area (Å²) < 4.78 is 5.29. The van der Waals surface area contributed by atoms with Gasteiger partial charge in [0.25, 0.3) is 0 Å². The van der Waals surface area contributed by atoms with Crippen molar-refractivity contribution in [3.8, 4) is 0 Å². The van der Waals surface area contributed by atoms with E-state index in [0.717, 1.165) is 5.56 Å². The predicted octanol–water partition coefficient (Wildman–Crippen LogP) is 2.45. The molecule has 2 rings (SSSR count). The molecule has 0 aliphatic carbocycles. The number of carbonyl (C=O) groups is 1. The van der Waals surface area contributed by atoms with Gasteiger partial charge in [0, 0.05) is 24.9 Å². The first kappa shape index (κ1) is 13.8. The summed E-state index contributed by atoms with van der Waals surface area (Å²) in [7, 11) is 0. The van der Waals surface area contributed by atoms with Gasteiger partial charge in [-0.05, 0) is 5.56 Å². The first-order chi connectivity index (χ1) is 9.24. The fraction of sp³-hybridized carbons (Fsp3) is 0.438. The molecule has 0 saturated carbocycles. The van der Waals surface area contributed by atoms with Crippen molar-refractivity contribution in [1.82, 2.24) is 4.90 Å². The number of benzene rings is 1. The topological polar surface area (TPSA) is 29.5 Å². The van der Waals surface area contributed by atoms with Gasteiger partial charge in [0.15, 0.2) is 0 Å². The lowest BCUT2D eigenvalue weighted by atomic mass is 9.86. The van der Waals surface area contributed by atoms with Gasteiger partial charge in [0.2, 0.25) is 5.91 Å². The molecule has 2 unspecified atom stereocenters. The maximum absolute atomic E-state index is 12.5. The van der Waals surface area contributed by atoms with Crippen molar-refractivity contribution >= 4 is 5.91 Å². The van der Waals surface area contributed by atoms with Crippen molar-refractivity contribution in [2.75, 3.05) is 26.3 Å². The molecule has 1 heterocycles. The molecular formula is C16H21NO2. The molecule has 2 atom stereocenters. The smallest absolute Gasteiger partial charge is 0.226 e. The molecule has 3 heteroatoms. The molecule has 3 nitrogen and oxygen atoms in total. The lowest BCUT2D eigenvalue weighted by Crippen LogP contribution is -2.44. The van der Waals surface area contributed by atoms with Gasteiger partial charge in [0.05, 0.1) is 13.2 Å². The molecule has 0 bridgehead atoms. The number of morpholine rings is 1. The summed E-state index contributed by atoms with van der Waals surface area (Å²) in [5, 5.41) is 0. The molecule has 1 aromatic rings. The Kier molecular flexibility index (Phi) is 4.74. The van der Waals surface area contributed by atoms with Gasteiger partial charge in [-0.3, -0.25) is 4.79 Å². The zero-order valence-corrected chi connectivity index (χ0v) is 11.4. The largest absolute Gasteiger partial charge is 0.378 e. The van der Waals surface area contributed by atoms with Gasteiger partial charge >= 0.3 is 0 Å². The zero-order chi connectivity index (χ0) is 13.7. The van der Waals surface area contributed by atoms with Crippen molar-refractivity contribution in [1.29, 1.82) is 0 Å². The molecule has 1 aliphatic rings. The number of ether oxygens (including phenoxy) is 1. The van der Waals surface area contributed by atoms with Crippen LogP contribution in [0.25, 0.3) is 0 Å². The average Bonchev–Trinajstić information content (AvgIpc) is 2.49. The van der Waals surface area contributed by atoms with Crippen LogP contribution >= 0.6 is 0 Å². The lowest BCUT2D eigenvalue weighted by Gasteiger charge is -2.31. The third kappa shape index (κ3) is 3.24. The van der Waals surface area contributed by atoms with Crippen LogP contribution in [0.5, 0.6) is 0 Å². The number of rotatable bonds is 4. The molecule has 1 aromatic carbocycles. The Morgan fingerprint density at radius 2 is 1.95 bits per heavy atom. The highest BCUT2D eigenvalue weighted by atomic mass is 16.5. The first-order valence-corrected chi connectivity index (χ1v) is 6.78. The minimum absolute atomic E-state index is 0.0662. The van der Waals surface area contributed by atoms with Crippen LogP contribution in [0.15, 0.2) is 43.0 Å². The SMILES string of the molecule is C=CC(c1ccccc1)C(C)C(=O)N1CCOCC1. The quantitative estimate of drug-likeness (QED) is 0.777. The van der Waals surface area contributed by atoms with Gasteiger partial charge in [0.1, 0.15) is 0 Å². The van der Waals surface area contributed by atoms with Crippen LogP contribution in [0.1, 0.15) is 18.4 Å². The fourth-order valence-corrected chi connectivity index (χ4v) is 2.53. The highest BCUT2D eigenvalue weighted by Crippen LogP contribution is 2.27. The second-order valence-electron chi connectivity index (χ2n) is 4.90. The van der Waals surface area contributed by atoms with E-state index >= 15 is 0 Å². The van der Waals surface area contributed by atoms with Crippen molar-refractivity contribution in [2.45, 2.75) is 12.8 Å². The minimum Gasteiger partial charge on any atom is -0.378 e. The first-order valence-electron chi connectivity index (χ1n) is 6.78. The molecule has 1 aliphatic heterocycles. The van der Waals surface area contributed by atoms with Crippen LogP contribution in [-0.4, -0.2) is 37.1 Å². The second-order valence-corrected chi connectivity index (χ2v) is 4.90. The number of hydrogen-bond acceptors (Lipinski definition) is 2. The lowest BCUT2D eigenvalue weighted by molar-refractivity contribution is -0.139. The summed E-state index contributed by atoms with van der Waals surface area (Å²) in [5.74, 6) is 0.173. The number of hydrogen-bond donors (Lipinski definition) is 0. The maximum Gasteiger partial charge on any atom is 0.226 e. The fourth-order valence-electron chi connectivity index (χ4n) is 2.53. The van der Waals surface area contributed by atoms with E-state index in [1.165, 1.54) is 0 Å². The van der Waals surface area contributed by atoms with Gasteiger partial charge in [-0.15, -0.1) is 6.58 Å². The third-order valence-corrected chi connectivity index (χ3v) is 3.69. The van der Waals surface area contributed by atoms with E-state index in [2.05, 4.69) is 18.7 Å². The molecule has 1 fully saturated rings. The van der Waals surface area contributed by atoms with Crippen LogP contribution in [0.2, 0.25) is 0 Å². The Bertz CT molecular complexity index is 424. The Labute approximate surface area is 114 Å². The standard InChI is InChI=1S/C16H21NO2/c1-3-15(14-7-5-4-6-8-14)13(2)16(18)17-9-11-19-12-10-17/h3-8,13,15H,1,9-12H2,2H3. The summed E-state index contributed by atoms with van der Waals surface area (Å²) >= 11 is 0. The normalized spacial score (nSPS) is 18.7. The molecule has 0 aromatic heterocycles. The summed E-state index contributed by atoms with van der Waals surface area (Å²) in [6.45, 7) is 8.55. The number of amides is 1. The van der Waals surface area contributed by atoms with Crippen LogP contribution in [-0.2, 0) is 9.53 Å². The Morgan fingerprint density at radius 3 is 2.53 bits per heavy atom. The molecule has 1 saturated heterocycles. The van der Waals surface area contributed by atoms with E-state index in [1.54, 1.807) is 0 Å². The molecule has 102 valence electrons. The van der Waals surface area contributed by atoms with Gasteiger partial charge in [-0.1, -0.05) is 43.3 Å². The number of carbonyl (C=O) groups excluding carboxylic acids is 1. The summed E-state index contributed by atoms with van der Waals surface area (Å²) in [6, 6.07) is 10.1. The van der Waals surface area contributed by atoms with Gasteiger partial charge < -0.3 is 9.64 Å². The monoisotopic (exact) mass is 259 g/mol. The van der Waals surface area contributed by atoms with E-state index in [1.807, 2.05) is 36.1 Å². The zero-order valence-electron chi connectivity index (χ0n) is 11.4. The van der Waals surface area contributed by atoms with Crippen molar-refractivity contribution in [3.63, 3.8) is 0 Å². The summed E-state index contributed by atoms with van der Waals surface area (Å²) in [5.41, 5.74) is 1.15. The van der Waals surface area contributed by atoms with Crippen molar-refractivity contribution < 1.29 is 9.53 Å². The Balaban J connectivity index is 2.09. The van der Waals surface area contributed by atoms with E-state index in [-0.39, 0.29) is 17.7 Å². The molecule has 0 radical (unpaired) electrons. The number of allylic oxidation sites excluding steroid dienone is 1. The highest BCUT2D eigenvalue weighted by Gasteiger charge is 2.28. The molecule has 19 heavy (non-hydrogen) atoms. The van der Waals surface area contributed by atoms with E-state index in [9.17, 15) is 4.79 Å². The van der Waals surface area contributed by atoms with E-state index in [4.69, 9.17) is 4.74 Å². The number of nitrogens with zero attached hydrogens (tertiary/aromatic N) is 1. The molecule has 0 spiro atoms. The summed E-state index contributed by atoms with van der Waals surface area (Å²) in [4.78, 5) is 14.4. The molecular weight excluding hydrogens is 238 g/mol. The third-order valence-electron chi connectivity index (χ3n) is 3.69. The van der Waals surface area contributed by atoms with Crippen molar-refractivity contribution in [2.24, 2.45) is 5.92 Å². The Morgan fingerprint density at radius 1 is 1.32 bits per heavy atom.